The number of carbonyl (C=O) groups is 2. The highest BCUT2D eigenvalue weighted by Crippen LogP contribution is 2.12. The Bertz CT molecular complexity index is 392. The van der Waals surface area contributed by atoms with E-state index in [0.717, 1.165) is 25.7 Å². The summed E-state index contributed by atoms with van der Waals surface area (Å²) in [5, 5.41) is 0. The second-order valence-corrected chi connectivity index (χ2v) is 7.97. The molecule has 0 aromatic carbocycles. The molecule has 4 heteroatoms. The number of hydrogen-bond donors (Lipinski definition) is 0. The average Bonchev–Trinajstić information content (AvgIpc) is 2.71. The van der Waals surface area contributed by atoms with Gasteiger partial charge in [-0.05, 0) is 25.7 Å². The van der Waals surface area contributed by atoms with E-state index in [4.69, 9.17) is 9.47 Å². The molecule has 0 aliphatic rings. The molecule has 0 N–H and O–H groups in total. The molecule has 0 amide bonds. The Morgan fingerprint density at radius 1 is 0.621 bits per heavy atom. The molecule has 170 valence electrons. The number of ether oxygens (including phenoxy) is 2. The number of hydrogen-bond acceptors (Lipinski definition) is 4. The Hall–Kier alpha value is -1.32. The largest absolute Gasteiger partial charge is 0.466 e. The summed E-state index contributed by atoms with van der Waals surface area (Å²) in [4.78, 5) is 23.1. The minimum Gasteiger partial charge on any atom is -0.466 e. The van der Waals surface area contributed by atoms with Crippen LogP contribution in [0.4, 0.5) is 0 Å². The summed E-state index contributed by atoms with van der Waals surface area (Å²) >= 11 is 0. The van der Waals surface area contributed by atoms with E-state index in [-0.39, 0.29) is 18.4 Å². The predicted molar refractivity (Wildman–Crippen MR) is 121 cm³/mol. The van der Waals surface area contributed by atoms with Crippen molar-refractivity contribution in [3.63, 3.8) is 0 Å². The van der Waals surface area contributed by atoms with Gasteiger partial charge in [0, 0.05) is 12.8 Å². The van der Waals surface area contributed by atoms with E-state index in [1.807, 2.05) is 0 Å². The minimum absolute atomic E-state index is 0.205. The molecule has 0 bridgehead atoms. The zero-order valence-corrected chi connectivity index (χ0v) is 19.1. The van der Waals surface area contributed by atoms with Gasteiger partial charge in [0.05, 0.1) is 13.2 Å². The molecule has 29 heavy (non-hydrogen) atoms. The lowest BCUT2D eigenvalue weighted by Gasteiger charge is -2.06. The monoisotopic (exact) mass is 410 g/mol. The lowest BCUT2D eigenvalue weighted by atomic mass is 10.0. The van der Waals surface area contributed by atoms with Crippen molar-refractivity contribution in [3.8, 4) is 0 Å². The van der Waals surface area contributed by atoms with E-state index < -0.39 is 0 Å². The average molecular weight is 411 g/mol. The van der Waals surface area contributed by atoms with Crippen molar-refractivity contribution in [3.05, 3.63) is 12.7 Å². The second-order valence-electron chi connectivity index (χ2n) is 7.97. The van der Waals surface area contributed by atoms with Crippen LogP contribution >= 0.6 is 0 Å². The molecule has 0 fully saturated rings. The molecule has 4 nitrogen and oxygen atoms in total. The van der Waals surface area contributed by atoms with Gasteiger partial charge >= 0.3 is 11.9 Å². The number of esters is 2. The molecule has 0 aromatic heterocycles. The van der Waals surface area contributed by atoms with Crippen LogP contribution in [0.2, 0.25) is 0 Å². The topological polar surface area (TPSA) is 52.6 Å². The number of unbranched alkanes of at least 4 members (excludes halogenated alkanes) is 13. The SMILES string of the molecule is C=CCCCOC(=O)CCCC(=O)OCCCCCCCCCCCCCCC. The van der Waals surface area contributed by atoms with Crippen LogP contribution < -0.4 is 0 Å². The van der Waals surface area contributed by atoms with Crippen molar-refractivity contribution in [1.29, 1.82) is 0 Å². The fourth-order valence-electron chi connectivity index (χ4n) is 3.24. The van der Waals surface area contributed by atoms with Crippen LogP contribution in [0.3, 0.4) is 0 Å². The van der Waals surface area contributed by atoms with Gasteiger partial charge in [-0.1, -0.05) is 90.0 Å². The maximum Gasteiger partial charge on any atom is 0.305 e. The zero-order chi connectivity index (χ0) is 21.4. The van der Waals surface area contributed by atoms with Crippen molar-refractivity contribution in [1.82, 2.24) is 0 Å². The first-order valence-corrected chi connectivity index (χ1v) is 12.1. The fourth-order valence-corrected chi connectivity index (χ4v) is 3.24. The first-order valence-electron chi connectivity index (χ1n) is 12.1. The third kappa shape index (κ3) is 22.8. The summed E-state index contributed by atoms with van der Waals surface area (Å²) in [6, 6.07) is 0. The van der Waals surface area contributed by atoms with Gasteiger partial charge in [-0.3, -0.25) is 9.59 Å². The van der Waals surface area contributed by atoms with E-state index in [0.29, 0.717) is 26.1 Å². The summed E-state index contributed by atoms with van der Waals surface area (Å²) in [5.41, 5.74) is 0. The first-order chi connectivity index (χ1) is 14.2. The smallest absolute Gasteiger partial charge is 0.305 e. The normalized spacial score (nSPS) is 10.7. The van der Waals surface area contributed by atoms with Gasteiger partial charge in [-0.2, -0.15) is 0 Å². The van der Waals surface area contributed by atoms with Crippen molar-refractivity contribution < 1.29 is 19.1 Å². The molecule has 0 rings (SSSR count). The summed E-state index contributed by atoms with van der Waals surface area (Å²) < 4.78 is 10.3. The predicted octanol–water partition coefficient (Wildman–Crippen LogP) is 7.30. The third-order valence-electron chi connectivity index (χ3n) is 5.09. The molecule has 0 aliphatic heterocycles. The van der Waals surface area contributed by atoms with Crippen LogP contribution in [-0.2, 0) is 19.1 Å². The Kier molecular flexibility index (Phi) is 21.9. The minimum atomic E-state index is -0.238. The molecule has 0 saturated heterocycles. The Labute approximate surface area is 179 Å². The van der Waals surface area contributed by atoms with Crippen LogP contribution in [0.1, 0.15) is 122 Å². The van der Waals surface area contributed by atoms with Crippen LogP contribution in [-0.4, -0.2) is 25.2 Å². The molecular weight excluding hydrogens is 364 g/mol. The number of carbonyl (C=O) groups excluding carboxylic acids is 2. The molecule has 0 unspecified atom stereocenters. The second kappa shape index (κ2) is 23.0. The van der Waals surface area contributed by atoms with E-state index in [1.54, 1.807) is 6.08 Å². The maximum absolute atomic E-state index is 11.7. The van der Waals surface area contributed by atoms with Crippen LogP contribution in [0, 0.1) is 0 Å². The Morgan fingerprint density at radius 3 is 1.48 bits per heavy atom. The molecule has 0 heterocycles. The van der Waals surface area contributed by atoms with Gasteiger partial charge in [-0.15, -0.1) is 6.58 Å². The van der Waals surface area contributed by atoms with Gasteiger partial charge in [-0.25, -0.2) is 0 Å². The van der Waals surface area contributed by atoms with Crippen molar-refractivity contribution >= 4 is 11.9 Å². The lowest BCUT2D eigenvalue weighted by molar-refractivity contribution is -0.145. The van der Waals surface area contributed by atoms with Gasteiger partial charge in [0.2, 0.25) is 0 Å². The van der Waals surface area contributed by atoms with Crippen molar-refractivity contribution in [2.24, 2.45) is 0 Å². The summed E-state index contributed by atoms with van der Waals surface area (Å²) in [7, 11) is 0. The molecule has 0 aliphatic carbocycles. The van der Waals surface area contributed by atoms with E-state index in [9.17, 15) is 9.59 Å². The van der Waals surface area contributed by atoms with Gasteiger partial charge in [0.15, 0.2) is 0 Å². The highest BCUT2D eigenvalue weighted by atomic mass is 16.5. The highest BCUT2D eigenvalue weighted by molar-refractivity contribution is 5.72. The molecule has 0 saturated carbocycles. The third-order valence-corrected chi connectivity index (χ3v) is 5.09. The zero-order valence-electron chi connectivity index (χ0n) is 19.1. The van der Waals surface area contributed by atoms with Gasteiger partial charge in [0.1, 0.15) is 0 Å². The highest BCUT2D eigenvalue weighted by Gasteiger charge is 2.07. The first kappa shape index (κ1) is 27.7. The molecule has 0 radical (unpaired) electrons. The number of allylic oxidation sites excluding steroid dienone is 1. The summed E-state index contributed by atoms with van der Waals surface area (Å²) in [6.45, 7) is 6.81. The van der Waals surface area contributed by atoms with E-state index in [2.05, 4.69) is 13.5 Å². The van der Waals surface area contributed by atoms with Gasteiger partial charge in [0.25, 0.3) is 0 Å². The quantitative estimate of drug-likeness (QED) is 0.107. The standard InChI is InChI=1S/C25H46O4/c1-3-5-7-8-9-10-11-12-13-14-15-16-18-23-29-25(27)21-19-20-24(26)28-22-17-6-4-2/h4H,2-3,5-23H2,1H3. The fraction of sp³-hybridized carbons (Fsp3) is 0.840. The van der Waals surface area contributed by atoms with Crippen molar-refractivity contribution in [2.75, 3.05) is 13.2 Å². The lowest BCUT2D eigenvalue weighted by Crippen LogP contribution is -2.09. The Balaban J connectivity index is 3.25. The van der Waals surface area contributed by atoms with Crippen LogP contribution in [0.15, 0.2) is 12.7 Å². The van der Waals surface area contributed by atoms with Crippen LogP contribution in [0.25, 0.3) is 0 Å². The Morgan fingerprint density at radius 2 is 1.03 bits per heavy atom. The summed E-state index contributed by atoms with van der Waals surface area (Å²) in [5.74, 6) is -0.443. The van der Waals surface area contributed by atoms with Gasteiger partial charge < -0.3 is 9.47 Å². The molecule has 0 atom stereocenters. The van der Waals surface area contributed by atoms with Crippen LogP contribution in [0.5, 0.6) is 0 Å². The molecule has 0 spiro atoms. The summed E-state index contributed by atoms with van der Waals surface area (Å²) in [6.07, 6.45) is 21.5. The molecular formula is C25H46O4. The maximum atomic E-state index is 11.7. The molecule has 0 aromatic rings. The van der Waals surface area contributed by atoms with E-state index in [1.165, 1.54) is 70.6 Å². The van der Waals surface area contributed by atoms with Crippen molar-refractivity contribution in [2.45, 2.75) is 122 Å². The number of rotatable bonds is 22. The van der Waals surface area contributed by atoms with E-state index >= 15 is 0 Å².